The van der Waals surface area contributed by atoms with Crippen molar-refractivity contribution in [2.75, 3.05) is 23.9 Å². The molecule has 0 radical (unpaired) electrons. The van der Waals surface area contributed by atoms with Crippen LogP contribution in [0.5, 0.6) is 5.75 Å². The van der Waals surface area contributed by atoms with Crippen molar-refractivity contribution in [2.45, 2.75) is 12.8 Å². The highest BCUT2D eigenvalue weighted by Gasteiger charge is 2.19. The van der Waals surface area contributed by atoms with E-state index in [0.717, 1.165) is 25.2 Å². The molecular weight excluding hydrogens is 340 g/mol. The fraction of sp³-hybridized carbons (Fsp3) is 0.190. The Morgan fingerprint density at radius 3 is 2.78 bits per heavy atom. The Morgan fingerprint density at radius 2 is 1.96 bits per heavy atom. The predicted molar refractivity (Wildman–Crippen MR) is 105 cm³/mol. The van der Waals surface area contributed by atoms with E-state index >= 15 is 0 Å². The Balaban J connectivity index is 1.50. The molecule has 1 aliphatic heterocycles. The third-order valence-electron chi connectivity index (χ3n) is 4.61. The van der Waals surface area contributed by atoms with Crippen LogP contribution in [0.4, 0.5) is 17.3 Å². The first-order valence-corrected chi connectivity index (χ1v) is 8.89. The first-order valence-electron chi connectivity index (χ1n) is 8.89. The van der Waals surface area contributed by atoms with E-state index in [1.807, 2.05) is 12.1 Å². The first kappa shape index (κ1) is 17.0. The van der Waals surface area contributed by atoms with Gasteiger partial charge in [-0.25, -0.2) is 0 Å². The molecule has 1 aliphatic rings. The van der Waals surface area contributed by atoms with Gasteiger partial charge in [0.1, 0.15) is 5.75 Å². The Morgan fingerprint density at radius 1 is 1.07 bits per heavy atom. The number of hydrogen-bond acceptors (Lipinski definition) is 5. The lowest BCUT2D eigenvalue weighted by Gasteiger charge is -2.29. The number of para-hydroxylation sites is 1. The van der Waals surface area contributed by atoms with Crippen LogP contribution in [0.3, 0.4) is 0 Å². The lowest BCUT2D eigenvalue weighted by molar-refractivity contribution is 0.102. The Hall–Kier alpha value is -3.41. The second-order valence-electron chi connectivity index (χ2n) is 6.35. The molecule has 0 fully saturated rings. The maximum atomic E-state index is 12.4. The SMILES string of the molecule is COc1cccc(C(=O)Nc2ccc(N3CCCc4ccccc43)nn2)c1. The number of ether oxygens (including phenoxy) is 1. The van der Waals surface area contributed by atoms with E-state index in [-0.39, 0.29) is 5.91 Å². The summed E-state index contributed by atoms with van der Waals surface area (Å²) in [5, 5.41) is 11.3. The van der Waals surface area contributed by atoms with Gasteiger partial charge >= 0.3 is 0 Å². The van der Waals surface area contributed by atoms with Crippen molar-refractivity contribution in [1.29, 1.82) is 0 Å². The van der Waals surface area contributed by atoms with Crippen molar-refractivity contribution >= 4 is 23.2 Å². The molecule has 1 aromatic heterocycles. The molecule has 1 amide bonds. The van der Waals surface area contributed by atoms with Gasteiger partial charge in [-0.1, -0.05) is 24.3 Å². The van der Waals surface area contributed by atoms with Crippen molar-refractivity contribution in [3.8, 4) is 5.75 Å². The zero-order chi connectivity index (χ0) is 18.6. The Bertz CT molecular complexity index is 956. The molecule has 2 aromatic carbocycles. The number of aryl methyl sites for hydroxylation is 1. The van der Waals surface area contributed by atoms with Gasteiger partial charge in [-0.15, -0.1) is 10.2 Å². The van der Waals surface area contributed by atoms with Crippen LogP contribution in [0, 0.1) is 0 Å². The van der Waals surface area contributed by atoms with Gasteiger partial charge in [-0.2, -0.15) is 0 Å². The number of aromatic nitrogens is 2. The molecule has 3 aromatic rings. The fourth-order valence-corrected chi connectivity index (χ4v) is 3.26. The molecule has 2 heterocycles. The molecular formula is C21H20N4O2. The van der Waals surface area contributed by atoms with Crippen LogP contribution in [0.15, 0.2) is 60.7 Å². The second-order valence-corrected chi connectivity index (χ2v) is 6.35. The van der Waals surface area contributed by atoms with Crippen LogP contribution in [-0.2, 0) is 6.42 Å². The first-order chi connectivity index (χ1) is 13.2. The zero-order valence-corrected chi connectivity index (χ0v) is 15.1. The van der Waals surface area contributed by atoms with Crippen molar-refractivity contribution in [3.63, 3.8) is 0 Å². The van der Waals surface area contributed by atoms with Crippen LogP contribution >= 0.6 is 0 Å². The molecule has 0 atom stereocenters. The average molecular weight is 360 g/mol. The van der Waals surface area contributed by atoms with Crippen LogP contribution in [0.2, 0.25) is 0 Å². The van der Waals surface area contributed by atoms with Gasteiger partial charge in [0.05, 0.1) is 7.11 Å². The lowest BCUT2D eigenvalue weighted by Crippen LogP contribution is -2.25. The maximum absolute atomic E-state index is 12.4. The number of carbonyl (C=O) groups excluding carboxylic acids is 1. The number of methoxy groups -OCH3 is 1. The minimum absolute atomic E-state index is 0.251. The Kier molecular flexibility index (Phi) is 4.70. The van der Waals surface area contributed by atoms with E-state index < -0.39 is 0 Å². The number of amides is 1. The molecule has 6 heteroatoms. The van der Waals surface area contributed by atoms with E-state index in [0.29, 0.717) is 17.1 Å². The summed E-state index contributed by atoms with van der Waals surface area (Å²) < 4.78 is 5.15. The summed E-state index contributed by atoms with van der Waals surface area (Å²) in [5.41, 5.74) is 3.00. The van der Waals surface area contributed by atoms with Gasteiger partial charge in [-0.05, 0) is 54.8 Å². The second kappa shape index (κ2) is 7.45. The molecule has 4 rings (SSSR count). The minimum atomic E-state index is -0.251. The normalized spacial score (nSPS) is 13.0. The molecule has 136 valence electrons. The molecule has 0 spiro atoms. The van der Waals surface area contributed by atoms with Gasteiger partial charge in [0.25, 0.3) is 5.91 Å². The minimum Gasteiger partial charge on any atom is -0.497 e. The van der Waals surface area contributed by atoms with Gasteiger partial charge in [0.2, 0.25) is 0 Å². The molecule has 6 nitrogen and oxygen atoms in total. The topological polar surface area (TPSA) is 67.3 Å². The highest BCUT2D eigenvalue weighted by atomic mass is 16.5. The van der Waals surface area contributed by atoms with E-state index in [1.54, 1.807) is 37.4 Å². The van der Waals surface area contributed by atoms with Crippen molar-refractivity contribution < 1.29 is 9.53 Å². The number of hydrogen-bond donors (Lipinski definition) is 1. The fourth-order valence-electron chi connectivity index (χ4n) is 3.26. The lowest BCUT2D eigenvalue weighted by atomic mass is 10.0. The molecule has 1 N–H and O–H groups in total. The summed E-state index contributed by atoms with van der Waals surface area (Å²) in [5.74, 6) is 1.57. The number of anilines is 3. The van der Waals surface area contributed by atoms with E-state index in [9.17, 15) is 4.79 Å². The molecule has 0 saturated carbocycles. The summed E-state index contributed by atoms with van der Waals surface area (Å²) >= 11 is 0. The molecule has 0 bridgehead atoms. The zero-order valence-electron chi connectivity index (χ0n) is 15.1. The van der Waals surface area contributed by atoms with Gasteiger partial charge in [0.15, 0.2) is 11.6 Å². The summed E-state index contributed by atoms with van der Waals surface area (Å²) in [6, 6.07) is 19.0. The molecule has 0 unspecified atom stereocenters. The van der Waals surface area contributed by atoms with Crippen LogP contribution in [-0.4, -0.2) is 29.8 Å². The number of nitrogens with one attached hydrogen (secondary N) is 1. The summed E-state index contributed by atoms with van der Waals surface area (Å²) in [6.07, 6.45) is 2.15. The summed E-state index contributed by atoms with van der Waals surface area (Å²) in [4.78, 5) is 14.6. The van der Waals surface area contributed by atoms with Crippen molar-refractivity contribution in [1.82, 2.24) is 10.2 Å². The summed E-state index contributed by atoms with van der Waals surface area (Å²) in [7, 11) is 1.57. The maximum Gasteiger partial charge on any atom is 0.256 e. The highest BCUT2D eigenvalue weighted by Crippen LogP contribution is 2.32. The molecule has 27 heavy (non-hydrogen) atoms. The standard InChI is InChI=1S/C21H20N4O2/c1-27-17-9-4-7-16(14-17)21(26)22-19-11-12-20(24-23-19)25-13-5-8-15-6-2-3-10-18(15)25/h2-4,6-7,9-12,14H,5,8,13H2,1H3,(H,22,23,26). The number of benzene rings is 2. The van der Waals surface area contributed by atoms with Crippen molar-refractivity contribution in [2.24, 2.45) is 0 Å². The number of nitrogens with zero attached hydrogens (tertiary/aromatic N) is 3. The van der Waals surface area contributed by atoms with E-state index in [4.69, 9.17) is 4.74 Å². The van der Waals surface area contributed by atoms with Crippen LogP contribution < -0.4 is 15.0 Å². The monoisotopic (exact) mass is 360 g/mol. The Labute approximate surface area is 157 Å². The average Bonchev–Trinajstić information content (AvgIpc) is 2.74. The largest absolute Gasteiger partial charge is 0.497 e. The van der Waals surface area contributed by atoms with E-state index in [2.05, 4.69) is 38.6 Å². The molecule has 0 saturated heterocycles. The predicted octanol–water partition coefficient (Wildman–Crippen LogP) is 3.82. The van der Waals surface area contributed by atoms with Crippen molar-refractivity contribution in [3.05, 3.63) is 71.8 Å². The summed E-state index contributed by atoms with van der Waals surface area (Å²) in [6.45, 7) is 0.904. The quantitative estimate of drug-likeness (QED) is 0.766. The molecule has 0 aliphatic carbocycles. The van der Waals surface area contributed by atoms with Crippen LogP contribution in [0.1, 0.15) is 22.3 Å². The number of rotatable bonds is 4. The van der Waals surface area contributed by atoms with Gasteiger partial charge < -0.3 is 15.0 Å². The van der Waals surface area contributed by atoms with Crippen LogP contribution in [0.25, 0.3) is 0 Å². The third-order valence-corrected chi connectivity index (χ3v) is 4.61. The number of carbonyl (C=O) groups is 1. The number of fused-ring (bicyclic) bond motifs is 1. The van der Waals surface area contributed by atoms with Gasteiger partial charge in [-0.3, -0.25) is 4.79 Å². The smallest absolute Gasteiger partial charge is 0.256 e. The third kappa shape index (κ3) is 3.60. The highest BCUT2D eigenvalue weighted by molar-refractivity contribution is 6.04. The van der Waals surface area contributed by atoms with E-state index in [1.165, 1.54) is 11.3 Å². The van der Waals surface area contributed by atoms with Gasteiger partial charge in [0, 0.05) is 17.8 Å².